The van der Waals surface area contributed by atoms with Crippen molar-refractivity contribution in [2.24, 2.45) is 5.92 Å². The standard InChI is InChI=1S/C20H18N2O2/c1-12-7-14(11-21)8-13(2)18(12)19-17(23)10-15(20(19)24)9-16-5-3-4-6-22-16/h3-8,15,19H,9-10H2,1-2H3. The molecule has 1 fully saturated rings. The van der Waals surface area contributed by atoms with Crippen LogP contribution in [-0.2, 0) is 16.0 Å². The Balaban J connectivity index is 1.92. The molecule has 4 heteroatoms. The van der Waals surface area contributed by atoms with E-state index in [1.54, 1.807) is 18.3 Å². The van der Waals surface area contributed by atoms with Crippen LogP contribution in [0, 0.1) is 31.1 Å². The molecule has 3 rings (SSSR count). The Morgan fingerprint density at radius 3 is 2.50 bits per heavy atom. The number of carbonyl (C=O) groups is 2. The molecule has 0 saturated heterocycles. The number of aromatic nitrogens is 1. The van der Waals surface area contributed by atoms with Crippen LogP contribution >= 0.6 is 0 Å². The predicted octanol–water partition coefficient (Wildman–Crippen LogP) is 3.05. The van der Waals surface area contributed by atoms with E-state index in [2.05, 4.69) is 11.1 Å². The van der Waals surface area contributed by atoms with Gasteiger partial charge >= 0.3 is 0 Å². The molecule has 1 saturated carbocycles. The second-order valence-corrected chi connectivity index (χ2v) is 6.36. The van der Waals surface area contributed by atoms with Crippen molar-refractivity contribution >= 4 is 11.6 Å². The number of nitrogens with zero attached hydrogens (tertiary/aromatic N) is 2. The van der Waals surface area contributed by atoms with Gasteiger partial charge in [-0.05, 0) is 61.2 Å². The number of nitriles is 1. The first-order chi connectivity index (χ1) is 11.5. The Morgan fingerprint density at radius 2 is 1.92 bits per heavy atom. The highest BCUT2D eigenvalue weighted by molar-refractivity contribution is 6.15. The molecule has 2 atom stereocenters. The molecule has 0 N–H and O–H groups in total. The summed E-state index contributed by atoms with van der Waals surface area (Å²) < 4.78 is 0. The maximum absolute atomic E-state index is 12.9. The number of hydrogen-bond acceptors (Lipinski definition) is 4. The van der Waals surface area contributed by atoms with Crippen LogP contribution in [0.4, 0.5) is 0 Å². The lowest BCUT2D eigenvalue weighted by atomic mass is 9.86. The van der Waals surface area contributed by atoms with Gasteiger partial charge in [0.1, 0.15) is 11.7 Å². The van der Waals surface area contributed by atoms with Crippen LogP contribution in [0.5, 0.6) is 0 Å². The van der Waals surface area contributed by atoms with Gasteiger partial charge in [0.15, 0.2) is 5.78 Å². The summed E-state index contributed by atoms with van der Waals surface area (Å²) in [5.41, 5.74) is 3.82. The van der Waals surface area contributed by atoms with E-state index in [-0.39, 0.29) is 23.9 Å². The van der Waals surface area contributed by atoms with Gasteiger partial charge in [0, 0.05) is 24.2 Å². The summed E-state index contributed by atoms with van der Waals surface area (Å²) in [6, 6.07) is 11.2. The molecule has 2 aromatic rings. The molecule has 0 bridgehead atoms. The fourth-order valence-electron chi connectivity index (χ4n) is 3.60. The van der Waals surface area contributed by atoms with Crippen LogP contribution in [0.3, 0.4) is 0 Å². The third-order valence-electron chi connectivity index (χ3n) is 4.65. The van der Waals surface area contributed by atoms with E-state index >= 15 is 0 Å². The fourth-order valence-corrected chi connectivity index (χ4v) is 3.60. The SMILES string of the molecule is Cc1cc(C#N)cc(C)c1C1C(=O)CC(Cc2ccccn2)C1=O. The summed E-state index contributed by atoms with van der Waals surface area (Å²) in [4.78, 5) is 29.7. The van der Waals surface area contributed by atoms with E-state index in [0.717, 1.165) is 22.4 Å². The van der Waals surface area contributed by atoms with Crippen molar-refractivity contribution in [1.29, 1.82) is 5.26 Å². The van der Waals surface area contributed by atoms with Crippen LogP contribution in [0.15, 0.2) is 36.5 Å². The zero-order chi connectivity index (χ0) is 17.3. The first-order valence-electron chi connectivity index (χ1n) is 7.99. The number of pyridine rings is 1. The second-order valence-electron chi connectivity index (χ2n) is 6.36. The van der Waals surface area contributed by atoms with Gasteiger partial charge in [0.05, 0.1) is 11.6 Å². The highest BCUT2D eigenvalue weighted by atomic mass is 16.2. The summed E-state index contributed by atoms with van der Waals surface area (Å²) in [7, 11) is 0. The molecule has 1 aliphatic rings. The maximum Gasteiger partial charge on any atom is 0.151 e. The Bertz CT molecular complexity index is 827. The normalized spacial score (nSPS) is 20.2. The molecule has 0 spiro atoms. The zero-order valence-electron chi connectivity index (χ0n) is 13.7. The Kier molecular flexibility index (Phi) is 4.26. The summed E-state index contributed by atoms with van der Waals surface area (Å²) in [6.45, 7) is 3.71. The minimum Gasteiger partial charge on any atom is -0.298 e. The lowest BCUT2D eigenvalue weighted by molar-refractivity contribution is -0.124. The van der Waals surface area contributed by atoms with Crippen molar-refractivity contribution in [1.82, 2.24) is 4.98 Å². The molecule has 1 aromatic carbocycles. The van der Waals surface area contributed by atoms with E-state index in [0.29, 0.717) is 12.0 Å². The molecule has 0 amide bonds. The number of ketones is 2. The van der Waals surface area contributed by atoms with E-state index < -0.39 is 5.92 Å². The number of benzene rings is 1. The van der Waals surface area contributed by atoms with E-state index in [9.17, 15) is 9.59 Å². The third-order valence-corrected chi connectivity index (χ3v) is 4.65. The molecule has 1 aromatic heterocycles. The lowest BCUT2D eigenvalue weighted by Crippen LogP contribution is -2.19. The van der Waals surface area contributed by atoms with Gasteiger partial charge in [-0.2, -0.15) is 5.26 Å². The number of Topliss-reactive ketones (excluding diaryl/α,β-unsaturated/α-hetero) is 2. The molecule has 24 heavy (non-hydrogen) atoms. The van der Waals surface area contributed by atoms with E-state index in [1.807, 2.05) is 32.0 Å². The highest BCUT2D eigenvalue weighted by Gasteiger charge is 2.43. The van der Waals surface area contributed by atoms with Crippen molar-refractivity contribution in [3.8, 4) is 6.07 Å². The number of carbonyl (C=O) groups excluding carboxylic acids is 2. The number of hydrogen-bond donors (Lipinski definition) is 0. The third kappa shape index (κ3) is 2.85. The van der Waals surface area contributed by atoms with Gasteiger partial charge in [0.2, 0.25) is 0 Å². The Morgan fingerprint density at radius 1 is 1.21 bits per heavy atom. The average Bonchev–Trinajstić information content (AvgIpc) is 2.83. The van der Waals surface area contributed by atoms with Crippen LogP contribution in [0.1, 0.15) is 40.3 Å². The van der Waals surface area contributed by atoms with Gasteiger partial charge in [-0.1, -0.05) is 6.07 Å². The van der Waals surface area contributed by atoms with Crippen molar-refractivity contribution in [2.75, 3.05) is 0 Å². The summed E-state index contributed by atoms with van der Waals surface area (Å²) in [5.74, 6) is -1.07. The molecule has 4 nitrogen and oxygen atoms in total. The molecule has 1 aliphatic carbocycles. The Labute approximate surface area is 141 Å². The van der Waals surface area contributed by atoms with Gasteiger partial charge in [-0.25, -0.2) is 0 Å². The summed E-state index contributed by atoms with van der Waals surface area (Å²) >= 11 is 0. The molecule has 120 valence electrons. The lowest BCUT2D eigenvalue weighted by Gasteiger charge is -2.16. The predicted molar refractivity (Wildman–Crippen MR) is 89.4 cm³/mol. The summed E-state index contributed by atoms with van der Waals surface area (Å²) in [6.07, 6.45) is 2.46. The van der Waals surface area contributed by atoms with Gasteiger partial charge in [0.25, 0.3) is 0 Å². The van der Waals surface area contributed by atoms with Crippen molar-refractivity contribution in [3.05, 3.63) is 64.5 Å². The van der Waals surface area contributed by atoms with E-state index in [1.165, 1.54) is 0 Å². The molecular formula is C20H18N2O2. The van der Waals surface area contributed by atoms with Gasteiger partial charge in [-0.3, -0.25) is 14.6 Å². The molecule has 1 heterocycles. The average molecular weight is 318 g/mol. The zero-order valence-corrected chi connectivity index (χ0v) is 13.7. The second kappa shape index (κ2) is 6.37. The van der Waals surface area contributed by atoms with Crippen LogP contribution in [0.2, 0.25) is 0 Å². The maximum atomic E-state index is 12.9. The first-order valence-corrected chi connectivity index (χ1v) is 7.99. The minimum atomic E-state index is -0.702. The monoisotopic (exact) mass is 318 g/mol. The first kappa shape index (κ1) is 16.1. The smallest absolute Gasteiger partial charge is 0.151 e. The molecule has 2 unspecified atom stereocenters. The van der Waals surface area contributed by atoms with Crippen molar-refractivity contribution < 1.29 is 9.59 Å². The number of aryl methyl sites for hydroxylation is 2. The quantitative estimate of drug-likeness (QED) is 0.816. The minimum absolute atomic E-state index is 0.0263. The largest absolute Gasteiger partial charge is 0.298 e. The van der Waals surface area contributed by atoms with Crippen molar-refractivity contribution in [2.45, 2.75) is 32.6 Å². The van der Waals surface area contributed by atoms with Crippen LogP contribution in [-0.4, -0.2) is 16.6 Å². The molecule has 0 aliphatic heterocycles. The van der Waals surface area contributed by atoms with Crippen molar-refractivity contribution in [3.63, 3.8) is 0 Å². The molecule has 0 radical (unpaired) electrons. The fraction of sp³-hybridized carbons (Fsp3) is 0.300. The topological polar surface area (TPSA) is 70.8 Å². The molecular weight excluding hydrogens is 300 g/mol. The highest BCUT2D eigenvalue weighted by Crippen LogP contribution is 2.37. The number of rotatable bonds is 3. The van der Waals surface area contributed by atoms with Crippen LogP contribution in [0.25, 0.3) is 0 Å². The van der Waals surface area contributed by atoms with E-state index in [4.69, 9.17) is 5.26 Å². The van der Waals surface area contributed by atoms with Crippen LogP contribution < -0.4 is 0 Å². The van der Waals surface area contributed by atoms with Gasteiger partial charge in [-0.15, -0.1) is 0 Å². The summed E-state index contributed by atoms with van der Waals surface area (Å²) in [5, 5.41) is 9.06. The Hall–Kier alpha value is -2.80. The van der Waals surface area contributed by atoms with Gasteiger partial charge < -0.3 is 0 Å².